The van der Waals surface area contributed by atoms with Crippen LogP contribution in [-0.2, 0) is 35.1 Å². The van der Waals surface area contributed by atoms with Crippen molar-refractivity contribution in [3.8, 4) is 5.75 Å². The van der Waals surface area contributed by atoms with Crippen LogP contribution in [0.25, 0.3) is 0 Å². The van der Waals surface area contributed by atoms with Gasteiger partial charge in [-0.05, 0) is 60.6 Å². The van der Waals surface area contributed by atoms with Gasteiger partial charge in [-0.25, -0.2) is 4.79 Å². The van der Waals surface area contributed by atoms with Gasteiger partial charge in [0.05, 0.1) is 0 Å². The molecule has 1 heterocycles. The highest BCUT2D eigenvalue weighted by atomic mass is 16.5. The lowest BCUT2D eigenvalue weighted by Crippen LogP contribution is -2.59. The van der Waals surface area contributed by atoms with Crippen LogP contribution in [0.4, 0.5) is 0 Å². The monoisotopic (exact) mass is 602 g/mol. The van der Waals surface area contributed by atoms with Crippen molar-refractivity contribution in [1.29, 1.82) is 0 Å². The van der Waals surface area contributed by atoms with Gasteiger partial charge in [0.15, 0.2) is 6.10 Å². The molecule has 0 aliphatic carbocycles. The van der Waals surface area contributed by atoms with E-state index in [1.807, 2.05) is 41.5 Å². The van der Waals surface area contributed by atoms with Crippen molar-refractivity contribution in [3.63, 3.8) is 0 Å². The summed E-state index contributed by atoms with van der Waals surface area (Å²) in [6, 6.07) is 2.07. The Kier molecular flexibility index (Phi) is 13.5. The molecule has 0 spiro atoms. The number of hydrogen-bond acceptors (Lipinski definition) is 7. The predicted octanol–water partition coefficient (Wildman–Crippen LogP) is 2.59. The minimum absolute atomic E-state index is 0.00925. The molecule has 2 rings (SSSR count). The number of phenolic OH excluding ortho intramolecular Hbond substituents is 1. The fourth-order valence-electron chi connectivity index (χ4n) is 4.91. The lowest BCUT2D eigenvalue weighted by molar-refractivity contribution is -0.160. The Hall–Kier alpha value is -3.63. The van der Waals surface area contributed by atoms with E-state index in [2.05, 4.69) is 21.3 Å². The SMILES string of the molecule is CC(C)C[C@@H]1NC(=O)[C@H](C(C)C)NC(=O)[C@H](CC(C)C)OC(=O)[C@H](CC(C)C)NC(=O)[C@H](Cc2ccc(O)cc2)NC1=O. The lowest BCUT2D eigenvalue weighted by atomic mass is 9.98. The van der Waals surface area contributed by atoms with Gasteiger partial charge in [0, 0.05) is 6.42 Å². The summed E-state index contributed by atoms with van der Waals surface area (Å²) < 4.78 is 5.72. The maximum Gasteiger partial charge on any atom is 0.329 e. The van der Waals surface area contributed by atoms with Crippen LogP contribution in [0, 0.1) is 23.7 Å². The Balaban J connectivity index is 2.60. The topological polar surface area (TPSA) is 163 Å². The van der Waals surface area contributed by atoms with Gasteiger partial charge in [0.1, 0.15) is 29.9 Å². The van der Waals surface area contributed by atoms with Crippen LogP contribution in [0.1, 0.15) is 80.2 Å². The molecule has 11 nitrogen and oxygen atoms in total. The summed E-state index contributed by atoms with van der Waals surface area (Å²) in [4.78, 5) is 67.8. The number of ether oxygens (including phenoxy) is 1. The first kappa shape index (κ1) is 35.6. The molecule has 43 heavy (non-hydrogen) atoms. The molecule has 1 aromatic carbocycles. The number of phenols is 1. The second-order valence-electron chi connectivity index (χ2n) is 13.1. The lowest BCUT2D eigenvalue weighted by Gasteiger charge is -2.28. The Morgan fingerprint density at radius 2 is 1.12 bits per heavy atom. The van der Waals surface area contributed by atoms with Gasteiger partial charge in [0.2, 0.25) is 17.7 Å². The zero-order chi connectivity index (χ0) is 32.4. The maximum atomic E-state index is 13.7. The molecule has 1 aromatic rings. The summed E-state index contributed by atoms with van der Waals surface area (Å²) in [6.07, 6.45) is -0.375. The van der Waals surface area contributed by atoms with E-state index in [0.717, 1.165) is 0 Å². The van der Waals surface area contributed by atoms with Gasteiger partial charge in [-0.1, -0.05) is 67.5 Å². The fraction of sp³-hybridized carbons (Fsp3) is 0.656. The largest absolute Gasteiger partial charge is 0.508 e. The highest BCUT2D eigenvalue weighted by Crippen LogP contribution is 2.17. The van der Waals surface area contributed by atoms with E-state index < -0.39 is 59.9 Å². The molecule has 1 saturated heterocycles. The number of cyclic esters (lactones) is 1. The second kappa shape index (κ2) is 16.3. The number of nitrogens with one attached hydrogen (secondary N) is 4. The van der Waals surface area contributed by atoms with Crippen LogP contribution in [0.5, 0.6) is 5.75 Å². The Morgan fingerprint density at radius 3 is 1.65 bits per heavy atom. The smallest absolute Gasteiger partial charge is 0.329 e. The van der Waals surface area contributed by atoms with Gasteiger partial charge in [0.25, 0.3) is 5.91 Å². The molecule has 5 atom stereocenters. The van der Waals surface area contributed by atoms with Crippen LogP contribution >= 0.6 is 0 Å². The van der Waals surface area contributed by atoms with Crippen molar-refractivity contribution < 1.29 is 33.8 Å². The molecule has 1 aliphatic heterocycles. The van der Waals surface area contributed by atoms with Crippen molar-refractivity contribution in [1.82, 2.24) is 21.3 Å². The van der Waals surface area contributed by atoms with E-state index in [1.54, 1.807) is 26.0 Å². The van der Waals surface area contributed by atoms with E-state index in [-0.39, 0.29) is 55.1 Å². The highest BCUT2D eigenvalue weighted by molar-refractivity contribution is 5.96. The molecule has 240 valence electrons. The number of amides is 4. The summed E-state index contributed by atoms with van der Waals surface area (Å²) in [5.74, 6) is -3.39. The van der Waals surface area contributed by atoms with Crippen LogP contribution in [0.15, 0.2) is 24.3 Å². The van der Waals surface area contributed by atoms with Crippen molar-refractivity contribution in [3.05, 3.63) is 29.8 Å². The average Bonchev–Trinajstić information content (AvgIpc) is 2.89. The first-order chi connectivity index (χ1) is 20.1. The zero-order valence-corrected chi connectivity index (χ0v) is 26.7. The third-order valence-corrected chi connectivity index (χ3v) is 7.14. The predicted molar refractivity (Wildman–Crippen MR) is 163 cm³/mol. The molecule has 0 saturated carbocycles. The molecule has 1 fully saturated rings. The van der Waals surface area contributed by atoms with Crippen LogP contribution in [0.3, 0.4) is 0 Å². The van der Waals surface area contributed by atoms with E-state index in [4.69, 9.17) is 4.74 Å². The van der Waals surface area contributed by atoms with Gasteiger partial charge in [-0.3, -0.25) is 19.2 Å². The highest BCUT2D eigenvalue weighted by Gasteiger charge is 2.37. The minimum atomic E-state index is -1.18. The average molecular weight is 603 g/mol. The molecule has 4 amide bonds. The molecule has 5 N–H and O–H groups in total. The first-order valence-corrected chi connectivity index (χ1v) is 15.3. The van der Waals surface area contributed by atoms with Gasteiger partial charge < -0.3 is 31.1 Å². The molecule has 0 aromatic heterocycles. The Labute approximate surface area is 255 Å². The second-order valence-corrected chi connectivity index (χ2v) is 13.1. The van der Waals surface area contributed by atoms with Crippen molar-refractivity contribution in [2.75, 3.05) is 0 Å². The molecule has 0 bridgehead atoms. The molecular formula is C32H50N4O7. The summed E-state index contributed by atoms with van der Waals surface area (Å²) in [7, 11) is 0. The third kappa shape index (κ3) is 11.5. The van der Waals surface area contributed by atoms with Crippen LogP contribution < -0.4 is 21.3 Å². The normalized spacial score (nSPS) is 24.7. The number of aromatic hydroxyl groups is 1. The fourth-order valence-corrected chi connectivity index (χ4v) is 4.91. The number of rotatable bonds is 9. The molecule has 11 heteroatoms. The minimum Gasteiger partial charge on any atom is -0.508 e. The summed E-state index contributed by atoms with van der Waals surface area (Å²) in [6.45, 7) is 14.9. The van der Waals surface area contributed by atoms with Crippen LogP contribution in [0.2, 0.25) is 0 Å². The standard InChI is InChI=1S/C32H50N4O7/c1-17(2)13-23-28(38)33-24(16-21-9-11-22(37)12-10-21)29(39)35-25(14-18(3)4)32(42)43-26(15-19(5)6)30(40)36-27(20(7)8)31(41)34-23/h9-12,17-20,23-27,37H,13-16H2,1-8H3,(H,33,38)(H,34,41)(H,35,39)(H,36,40)/t23-,24-,25-,26-,27-/m0/s1. The summed E-state index contributed by atoms with van der Waals surface area (Å²) >= 11 is 0. The Bertz CT molecular complexity index is 1120. The quantitative estimate of drug-likeness (QED) is 0.271. The van der Waals surface area contributed by atoms with Gasteiger partial charge in [-0.2, -0.15) is 0 Å². The number of esters is 1. The number of benzene rings is 1. The molecule has 1 aliphatic rings. The Morgan fingerprint density at radius 1 is 0.628 bits per heavy atom. The van der Waals surface area contributed by atoms with Gasteiger partial charge >= 0.3 is 5.97 Å². The molecule has 0 unspecified atom stereocenters. The molecular weight excluding hydrogens is 552 g/mol. The van der Waals surface area contributed by atoms with E-state index in [1.165, 1.54) is 12.1 Å². The third-order valence-electron chi connectivity index (χ3n) is 7.14. The number of hydrogen-bond donors (Lipinski definition) is 5. The van der Waals surface area contributed by atoms with Crippen LogP contribution in [-0.4, -0.2) is 65.0 Å². The zero-order valence-electron chi connectivity index (χ0n) is 26.7. The van der Waals surface area contributed by atoms with Crippen molar-refractivity contribution in [2.45, 2.75) is 111 Å². The van der Waals surface area contributed by atoms with Crippen molar-refractivity contribution in [2.24, 2.45) is 23.7 Å². The summed E-state index contributed by atoms with van der Waals surface area (Å²) in [5.41, 5.74) is 0.662. The maximum absolute atomic E-state index is 13.7. The van der Waals surface area contributed by atoms with E-state index in [0.29, 0.717) is 5.56 Å². The first-order valence-electron chi connectivity index (χ1n) is 15.3. The van der Waals surface area contributed by atoms with Crippen molar-refractivity contribution >= 4 is 29.6 Å². The summed E-state index contributed by atoms with van der Waals surface area (Å²) in [5, 5.41) is 20.8. The van der Waals surface area contributed by atoms with E-state index in [9.17, 15) is 29.1 Å². The van der Waals surface area contributed by atoms with E-state index >= 15 is 0 Å². The molecule has 0 radical (unpaired) electrons. The number of carbonyl (C=O) groups excluding carboxylic acids is 5. The number of carbonyl (C=O) groups is 5. The van der Waals surface area contributed by atoms with Gasteiger partial charge in [-0.15, -0.1) is 0 Å².